The summed E-state index contributed by atoms with van der Waals surface area (Å²) in [7, 11) is 0. The molecule has 3 aromatic rings. The van der Waals surface area contributed by atoms with Gasteiger partial charge in [0, 0.05) is 15.7 Å². The summed E-state index contributed by atoms with van der Waals surface area (Å²) in [6, 6.07) is 9.82. The number of nitrogens with zero attached hydrogens (tertiary/aromatic N) is 4. The van der Waals surface area contributed by atoms with Gasteiger partial charge in [-0.25, -0.2) is 4.39 Å². The monoisotopic (exact) mass is 347 g/mol. The Bertz CT molecular complexity index is 798. The van der Waals surface area contributed by atoms with Crippen LogP contribution in [0.3, 0.4) is 0 Å². The lowest BCUT2D eigenvalue weighted by Gasteiger charge is -2.10. The number of nitrogen functional groups attached to an aromatic ring is 1. The molecular formula is C14H11BrFN5. The minimum absolute atomic E-state index is 0.389. The Labute approximate surface area is 128 Å². The number of hydrogen-bond acceptors (Lipinski definition) is 4. The van der Waals surface area contributed by atoms with E-state index >= 15 is 0 Å². The van der Waals surface area contributed by atoms with Crippen molar-refractivity contribution in [2.45, 2.75) is 6.92 Å². The van der Waals surface area contributed by atoms with Gasteiger partial charge < -0.3 is 5.73 Å². The highest BCUT2D eigenvalue weighted by Gasteiger charge is 2.16. The minimum Gasteiger partial charge on any atom is -0.398 e. The minimum atomic E-state index is -0.389. The zero-order valence-electron chi connectivity index (χ0n) is 11.1. The lowest BCUT2D eigenvalue weighted by Crippen LogP contribution is -2.04. The molecule has 0 radical (unpaired) electrons. The fraction of sp³-hybridized carbons (Fsp3) is 0.0714. The van der Waals surface area contributed by atoms with Crippen LogP contribution >= 0.6 is 15.9 Å². The van der Waals surface area contributed by atoms with Crippen molar-refractivity contribution in [3.05, 3.63) is 52.3 Å². The molecule has 0 bridgehead atoms. The van der Waals surface area contributed by atoms with Gasteiger partial charge in [-0.3, -0.25) is 0 Å². The number of tetrazole rings is 1. The Morgan fingerprint density at radius 3 is 2.86 bits per heavy atom. The summed E-state index contributed by atoms with van der Waals surface area (Å²) in [5.41, 5.74) is 8.56. The van der Waals surface area contributed by atoms with E-state index in [9.17, 15) is 4.39 Å². The standard InChI is InChI=1S/C14H11BrFN5/c1-8-11(15)3-2-4-13(8)21-14(18-19-20-21)10-7-9(16)5-6-12(10)17/h2-7H,17H2,1H3. The molecule has 5 nitrogen and oxygen atoms in total. The molecule has 0 fully saturated rings. The average Bonchev–Trinajstić information content (AvgIpc) is 2.93. The van der Waals surface area contributed by atoms with Crippen LogP contribution in [0.2, 0.25) is 0 Å². The largest absolute Gasteiger partial charge is 0.398 e. The van der Waals surface area contributed by atoms with E-state index in [-0.39, 0.29) is 5.82 Å². The van der Waals surface area contributed by atoms with Crippen molar-refractivity contribution < 1.29 is 4.39 Å². The van der Waals surface area contributed by atoms with Gasteiger partial charge in [-0.15, -0.1) is 5.10 Å². The summed E-state index contributed by atoms with van der Waals surface area (Å²) in [6.45, 7) is 1.94. The van der Waals surface area contributed by atoms with Crippen molar-refractivity contribution >= 4 is 21.6 Å². The summed E-state index contributed by atoms with van der Waals surface area (Å²) < 4.78 is 16.0. The van der Waals surface area contributed by atoms with Crippen LogP contribution in [0.1, 0.15) is 5.56 Å². The molecule has 1 aromatic heterocycles. The number of hydrogen-bond donors (Lipinski definition) is 1. The number of halogens is 2. The number of anilines is 1. The van der Waals surface area contributed by atoms with E-state index in [4.69, 9.17) is 5.73 Å². The third-order valence-electron chi connectivity index (χ3n) is 3.19. The quantitative estimate of drug-likeness (QED) is 0.723. The fourth-order valence-corrected chi connectivity index (χ4v) is 2.42. The lowest BCUT2D eigenvalue weighted by molar-refractivity contribution is 0.628. The Balaban J connectivity index is 2.22. The zero-order valence-corrected chi connectivity index (χ0v) is 12.7. The highest BCUT2D eigenvalue weighted by atomic mass is 79.9. The van der Waals surface area contributed by atoms with Crippen LogP contribution in [-0.2, 0) is 0 Å². The van der Waals surface area contributed by atoms with Crippen LogP contribution in [-0.4, -0.2) is 20.2 Å². The van der Waals surface area contributed by atoms with Crippen LogP contribution < -0.4 is 5.73 Å². The van der Waals surface area contributed by atoms with Crippen LogP contribution in [0.4, 0.5) is 10.1 Å². The fourth-order valence-electron chi connectivity index (χ4n) is 2.07. The summed E-state index contributed by atoms with van der Waals surface area (Å²) in [4.78, 5) is 0. The van der Waals surface area contributed by atoms with E-state index in [1.807, 2.05) is 25.1 Å². The van der Waals surface area contributed by atoms with Crippen LogP contribution in [0.15, 0.2) is 40.9 Å². The molecule has 0 saturated carbocycles. The molecule has 21 heavy (non-hydrogen) atoms. The molecule has 3 rings (SSSR count). The molecule has 106 valence electrons. The number of aromatic nitrogens is 4. The van der Waals surface area contributed by atoms with Crippen molar-refractivity contribution in [2.75, 3.05) is 5.73 Å². The molecule has 0 atom stereocenters. The van der Waals surface area contributed by atoms with E-state index < -0.39 is 0 Å². The smallest absolute Gasteiger partial charge is 0.189 e. The molecule has 0 aliphatic rings. The predicted octanol–water partition coefficient (Wildman–Crippen LogP) is 3.12. The van der Waals surface area contributed by atoms with Gasteiger partial charge in [-0.2, -0.15) is 4.68 Å². The van der Waals surface area contributed by atoms with Gasteiger partial charge in [0.1, 0.15) is 5.82 Å². The summed E-state index contributed by atoms with van der Waals surface area (Å²) in [5.74, 6) is 0.00733. The van der Waals surface area contributed by atoms with Crippen LogP contribution in [0, 0.1) is 12.7 Å². The van der Waals surface area contributed by atoms with Crippen molar-refractivity contribution in [2.24, 2.45) is 0 Å². The SMILES string of the molecule is Cc1c(Br)cccc1-n1nnnc1-c1cc(F)ccc1N. The molecule has 1 heterocycles. The van der Waals surface area contributed by atoms with Gasteiger partial charge in [0.2, 0.25) is 0 Å². The van der Waals surface area contributed by atoms with Crippen molar-refractivity contribution in [3.8, 4) is 17.1 Å². The van der Waals surface area contributed by atoms with Crippen LogP contribution in [0.5, 0.6) is 0 Å². The maximum absolute atomic E-state index is 13.5. The molecular weight excluding hydrogens is 337 g/mol. The molecule has 2 aromatic carbocycles. The molecule has 0 spiro atoms. The first-order valence-electron chi connectivity index (χ1n) is 6.17. The topological polar surface area (TPSA) is 69.6 Å². The first kappa shape index (κ1) is 13.7. The molecule has 7 heteroatoms. The van der Waals surface area contributed by atoms with Gasteiger partial charge in [0.15, 0.2) is 5.82 Å². The number of nitrogens with two attached hydrogens (primary N) is 1. The maximum Gasteiger partial charge on any atom is 0.189 e. The molecule has 0 aliphatic heterocycles. The summed E-state index contributed by atoms with van der Waals surface area (Å²) in [6.07, 6.45) is 0. The maximum atomic E-state index is 13.5. The van der Waals surface area contributed by atoms with E-state index in [0.717, 1.165) is 15.7 Å². The van der Waals surface area contributed by atoms with E-state index in [1.54, 1.807) is 4.68 Å². The summed E-state index contributed by atoms with van der Waals surface area (Å²) in [5, 5.41) is 11.7. The second-order valence-corrected chi connectivity index (χ2v) is 5.38. The van der Waals surface area contributed by atoms with Gasteiger partial charge in [0.05, 0.1) is 5.69 Å². The van der Waals surface area contributed by atoms with Gasteiger partial charge >= 0.3 is 0 Å². The predicted molar refractivity (Wildman–Crippen MR) is 81.4 cm³/mol. The Hall–Kier alpha value is -2.28. The van der Waals surface area contributed by atoms with E-state index in [2.05, 4.69) is 31.5 Å². The highest BCUT2D eigenvalue weighted by molar-refractivity contribution is 9.10. The van der Waals surface area contributed by atoms with E-state index in [1.165, 1.54) is 18.2 Å². The number of rotatable bonds is 2. The van der Waals surface area contributed by atoms with Gasteiger partial charge in [-0.1, -0.05) is 22.0 Å². The second-order valence-electron chi connectivity index (χ2n) is 4.53. The lowest BCUT2D eigenvalue weighted by atomic mass is 10.1. The summed E-state index contributed by atoms with van der Waals surface area (Å²) >= 11 is 3.47. The van der Waals surface area contributed by atoms with Gasteiger partial charge in [-0.05, 0) is 53.2 Å². The van der Waals surface area contributed by atoms with E-state index in [0.29, 0.717) is 17.1 Å². The van der Waals surface area contributed by atoms with Crippen molar-refractivity contribution in [3.63, 3.8) is 0 Å². The normalized spacial score (nSPS) is 10.8. The van der Waals surface area contributed by atoms with Crippen LogP contribution in [0.25, 0.3) is 17.1 Å². The third-order valence-corrected chi connectivity index (χ3v) is 4.05. The Morgan fingerprint density at radius 2 is 2.05 bits per heavy atom. The zero-order chi connectivity index (χ0) is 15.0. The molecule has 0 unspecified atom stereocenters. The Kier molecular flexibility index (Phi) is 3.42. The molecule has 0 aliphatic carbocycles. The first-order valence-corrected chi connectivity index (χ1v) is 6.96. The number of benzene rings is 2. The van der Waals surface area contributed by atoms with Gasteiger partial charge in [0.25, 0.3) is 0 Å². The molecule has 0 saturated heterocycles. The molecule has 0 amide bonds. The first-order chi connectivity index (χ1) is 10.1. The molecule has 2 N–H and O–H groups in total. The highest BCUT2D eigenvalue weighted by Crippen LogP contribution is 2.29. The average molecular weight is 348 g/mol. The third kappa shape index (κ3) is 2.40. The van der Waals surface area contributed by atoms with Crippen molar-refractivity contribution in [1.29, 1.82) is 0 Å². The van der Waals surface area contributed by atoms with Crippen molar-refractivity contribution in [1.82, 2.24) is 20.2 Å². The second kappa shape index (κ2) is 5.25. The Morgan fingerprint density at radius 1 is 1.24 bits per heavy atom.